The zero-order chi connectivity index (χ0) is 30.8. The maximum absolute atomic E-state index is 13.6. The first-order valence-electron chi connectivity index (χ1n) is 14.6. The van der Waals surface area contributed by atoms with E-state index >= 15 is 0 Å². The van der Waals surface area contributed by atoms with Crippen LogP contribution < -0.4 is 4.72 Å². The molecule has 1 fully saturated rings. The highest BCUT2D eigenvalue weighted by atomic mass is 32.2. The van der Waals surface area contributed by atoms with E-state index in [0.717, 1.165) is 22.3 Å². The molecular weight excluding hydrogens is 578 g/mol. The normalized spacial score (nSPS) is 22.1. The molecule has 0 aromatic heterocycles. The average molecular weight is 618 g/mol. The van der Waals surface area contributed by atoms with E-state index in [1.165, 1.54) is 7.11 Å². The van der Waals surface area contributed by atoms with Crippen LogP contribution in [0.1, 0.15) is 22.3 Å². The zero-order valence-corrected chi connectivity index (χ0v) is 25.8. The molecule has 5 rings (SSSR count). The van der Waals surface area contributed by atoms with Crippen molar-refractivity contribution in [2.24, 2.45) is 0 Å². The first-order valence-corrected chi connectivity index (χ1v) is 16.1. The summed E-state index contributed by atoms with van der Waals surface area (Å²) >= 11 is 0. The van der Waals surface area contributed by atoms with Gasteiger partial charge in [0.1, 0.15) is 24.4 Å². The van der Waals surface area contributed by atoms with Gasteiger partial charge in [0, 0.05) is 7.11 Å². The van der Waals surface area contributed by atoms with Crippen molar-refractivity contribution in [1.29, 1.82) is 0 Å². The fraction of sp³-hybridized carbons (Fsp3) is 0.314. The van der Waals surface area contributed by atoms with Gasteiger partial charge >= 0.3 is 0 Å². The van der Waals surface area contributed by atoms with Crippen LogP contribution in [0, 0.1) is 6.92 Å². The topological polar surface area (TPSA) is 92.3 Å². The highest BCUT2D eigenvalue weighted by Gasteiger charge is 2.49. The maximum atomic E-state index is 13.6. The first-order chi connectivity index (χ1) is 21.4. The van der Waals surface area contributed by atoms with Gasteiger partial charge in [0.25, 0.3) is 0 Å². The van der Waals surface area contributed by atoms with Crippen molar-refractivity contribution in [2.45, 2.75) is 62.3 Å². The zero-order valence-electron chi connectivity index (χ0n) is 25.0. The molecule has 44 heavy (non-hydrogen) atoms. The van der Waals surface area contributed by atoms with Crippen LogP contribution in [-0.4, -0.2) is 52.8 Å². The number of sulfonamides is 1. The molecule has 9 heteroatoms. The third-order valence-electron chi connectivity index (χ3n) is 7.47. The Morgan fingerprint density at radius 2 is 1.18 bits per heavy atom. The monoisotopic (exact) mass is 617 g/mol. The number of methoxy groups -OCH3 is 1. The van der Waals surface area contributed by atoms with Gasteiger partial charge in [0.2, 0.25) is 10.0 Å². The Morgan fingerprint density at radius 1 is 0.682 bits per heavy atom. The van der Waals surface area contributed by atoms with Gasteiger partial charge in [-0.2, -0.15) is 0 Å². The van der Waals surface area contributed by atoms with Crippen LogP contribution in [0.2, 0.25) is 0 Å². The minimum absolute atomic E-state index is 0.134. The Morgan fingerprint density at radius 3 is 1.70 bits per heavy atom. The Kier molecular flexibility index (Phi) is 11.3. The summed E-state index contributed by atoms with van der Waals surface area (Å²) in [6.07, 6.45) is -3.08. The Bertz CT molecular complexity index is 1520. The number of hydrogen-bond donors (Lipinski definition) is 1. The summed E-state index contributed by atoms with van der Waals surface area (Å²) < 4.78 is 61.4. The maximum Gasteiger partial charge on any atom is 0.241 e. The van der Waals surface area contributed by atoms with E-state index in [2.05, 4.69) is 4.72 Å². The summed E-state index contributed by atoms with van der Waals surface area (Å²) in [5.41, 5.74) is 3.88. The molecule has 1 heterocycles. The standard InChI is InChI=1S/C35H39NO7S/c1-26-18-20-30(21-19-26)44(37,38)36-32-34(42-24-29-16-10-5-11-17-29)33(41-23-28-14-8-4-9-15-28)31(43-35(32)39-2)25-40-22-27-12-6-3-7-13-27/h3-21,31-36H,22-25H2,1-2H3. The fourth-order valence-electron chi connectivity index (χ4n) is 5.13. The SMILES string of the molecule is COC1OC(COCc2ccccc2)C(OCc2ccccc2)C(OCc2ccccc2)C1NS(=O)(=O)c1ccc(C)cc1. The summed E-state index contributed by atoms with van der Waals surface area (Å²) in [7, 11) is -2.49. The predicted octanol–water partition coefficient (Wildman–Crippen LogP) is 5.40. The molecule has 5 unspecified atom stereocenters. The lowest BCUT2D eigenvalue weighted by atomic mass is 9.96. The van der Waals surface area contributed by atoms with E-state index in [4.69, 9.17) is 23.7 Å². The van der Waals surface area contributed by atoms with E-state index in [1.807, 2.05) is 97.9 Å². The van der Waals surface area contributed by atoms with Gasteiger partial charge in [-0.1, -0.05) is 109 Å². The fourth-order valence-corrected chi connectivity index (χ4v) is 6.36. The largest absolute Gasteiger partial charge is 0.374 e. The van der Waals surface area contributed by atoms with Crippen molar-refractivity contribution in [3.63, 3.8) is 0 Å². The van der Waals surface area contributed by atoms with Gasteiger partial charge in [0.15, 0.2) is 6.29 Å². The lowest BCUT2D eigenvalue weighted by Gasteiger charge is -2.45. The van der Waals surface area contributed by atoms with Crippen LogP contribution >= 0.6 is 0 Å². The molecule has 232 valence electrons. The van der Waals surface area contributed by atoms with E-state index in [1.54, 1.807) is 24.3 Å². The molecular formula is C35H39NO7S. The summed E-state index contributed by atoms with van der Waals surface area (Å²) in [6.45, 7) is 2.96. The van der Waals surface area contributed by atoms with Gasteiger partial charge in [-0.25, -0.2) is 13.1 Å². The van der Waals surface area contributed by atoms with Crippen LogP contribution in [0.4, 0.5) is 0 Å². The highest BCUT2D eigenvalue weighted by molar-refractivity contribution is 7.89. The molecule has 1 N–H and O–H groups in total. The van der Waals surface area contributed by atoms with Gasteiger partial charge in [-0.15, -0.1) is 0 Å². The van der Waals surface area contributed by atoms with Crippen molar-refractivity contribution in [1.82, 2.24) is 4.72 Å². The number of ether oxygens (including phenoxy) is 5. The molecule has 5 atom stereocenters. The van der Waals surface area contributed by atoms with Gasteiger partial charge < -0.3 is 23.7 Å². The first kappa shape index (κ1) is 32.0. The van der Waals surface area contributed by atoms with E-state index in [0.29, 0.717) is 6.61 Å². The Hall–Kier alpha value is -3.41. The van der Waals surface area contributed by atoms with Crippen molar-refractivity contribution < 1.29 is 32.1 Å². The third kappa shape index (κ3) is 8.61. The Labute approximate surface area is 259 Å². The second-order valence-corrected chi connectivity index (χ2v) is 12.5. The van der Waals surface area contributed by atoms with Crippen LogP contribution in [-0.2, 0) is 53.5 Å². The molecule has 0 radical (unpaired) electrons. The van der Waals surface area contributed by atoms with Crippen molar-refractivity contribution in [3.8, 4) is 0 Å². The molecule has 1 aliphatic heterocycles. The molecule has 0 saturated carbocycles. The molecule has 4 aromatic rings. The second-order valence-electron chi connectivity index (χ2n) is 10.8. The second kappa shape index (κ2) is 15.5. The van der Waals surface area contributed by atoms with Crippen LogP contribution in [0.25, 0.3) is 0 Å². The predicted molar refractivity (Wildman–Crippen MR) is 167 cm³/mol. The van der Waals surface area contributed by atoms with Crippen LogP contribution in [0.3, 0.4) is 0 Å². The number of benzene rings is 4. The summed E-state index contributed by atoms with van der Waals surface area (Å²) in [5, 5.41) is 0. The van der Waals surface area contributed by atoms with Crippen molar-refractivity contribution in [2.75, 3.05) is 13.7 Å². The van der Waals surface area contributed by atoms with Crippen LogP contribution in [0.5, 0.6) is 0 Å². The Balaban J connectivity index is 1.45. The minimum atomic E-state index is -3.97. The lowest BCUT2D eigenvalue weighted by molar-refractivity contribution is -0.282. The van der Waals surface area contributed by atoms with Crippen molar-refractivity contribution >= 4 is 10.0 Å². The van der Waals surface area contributed by atoms with Gasteiger partial charge in [-0.3, -0.25) is 0 Å². The van der Waals surface area contributed by atoms with Gasteiger partial charge in [0.05, 0.1) is 31.3 Å². The van der Waals surface area contributed by atoms with E-state index < -0.39 is 40.7 Å². The summed E-state index contributed by atoms with van der Waals surface area (Å²) in [5.74, 6) is 0. The number of hydrogen-bond acceptors (Lipinski definition) is 7. The molecule has 1 aliphatic rings. The smallest absolute Gasteiger partial charge is 0.241 e. The molecule has 1 saturated heterocycles. The average Bonchev–Trinajstić information content (AvgIpc) is 3.05. The van der Waals surface area contributed by atoms with Crippen LogP contribution in [0.15, 0.2) is 120 Å². The molecule has 0 spiro atoms. The summed E-state index contributed by atoms with van der Waals surface area (Å²) in [6, 6.07) is 35.1. The molecule has 0 amide bonds. The van der Waals surface area contributed by atoms with E-state index in [9.17, 15) is 8.42 Å². The number of nitrogens with one attached hydrogen (secondary N) is 1. The lowest BCUT2D eigenvalue weighted by Crippen LogP contribution is -2.65. The molecule has 8 nitrogen and oxygen atoms in total. The number of rotatable bonds is 14. The quantitative estimate of drug-likeness (QED) is 0.203. The number of aryl methyl sites for hydroxylation is 1. The molecule has 0 bridgehead atoms. The van der Waals surface area contributed by atoms with E-state index in [-0.39, 0.29) is 24.7 Å². The van der Waals surface area contributed by atoms with Crippen molar-refractivity contribution in [3.05, 3.63) is 138 Å². The molecule has 4 aromatic carbocycles. The molecule has 0 aliphatic carbocycles. The summed E-state index contributed by atoms with van der Waals surface area (Å²) in [4.78, 5) is 0.134. The highest BCUT2D eigenvalue weighted by Crippen LogP contribution is 2.30. The third-order valence-corrected chi connectivity index (χ3v) is 8.94. The minimum Gasteiger partial charge on any atom is -0.374 e. The van der Waals surface area contributed by atoms with Gasteiger partial charge in [-0.05, 0) is 35.7 Å².